The summed E-state index contributed by atoms with van der Waals surface area (Å²) in [5, 5.41) is 11.4. The van der Waals surface area contributed by atoms with Crippen LogP contribution in [0.2, 0.25) is 5.02 Å². The fourth-order valence-corrected chi connectivity index (χ4v) is 2.19. The van der Waals surface area contributed by atoms with Crippen LogP contribution in [0, 0.1) is 10.1 Å². The molecule has 0 saturated carbocycles. The molecule has 0 saturated heterocycles. The van der Waals surface area contributed by atoms with Gasteiger partial charge in [-0.15, -0.1) is 0 Å². The molecule has 0 amide bonds. The molecule has 0 fully saturated rings. The van der Waals surface area contributed by atoms with Gasteiger partial charge in [-0.2, -0.15) is 0 Å². The Hall–Kier alpha value is -2.66. The van der Waals surface area contributed by atoms with Crippen molar-refractivity contribution >= 4 is 40.5 Å². The number of nitrogens with one attached hydrogen (secondary N) is 1. The number of non-ortho nitro benzene ring substituents is 1. The number of nitro benzene ring substituents is 1. The van der Waals surface area contributed by atoms with Crippen LogP contribution in [0.5, 0.6) is 0 Å². The molecule has 3 rings (SSSR count). The summed E-state index contributed by atoms with van der Waals surface area (Å²) in [5.41, 5.74) is 2.22. The number of nitro groups is 1. The Labute approximate surface area is 125 Å². The second-order valence-corrected chi connectivity index (χ2v) is 4.84. The highest BCUT2D eigenvalue weighted by Gasteiger charge is 2.08. The van der Waals surface area contributed by atoms with E-state index in [1.54, 1.807) is 12.1 Å². The number of rotatable bonds is 3. The molecule has 0 bridgehead atoms. The Balaban J connectivity index is 1.95. The normalized spacial score (nSPS) is 11.3. The Kier molecular flexibility index (Phi) is 3.41. The van der Waals surface area contributed by atoms with Crippen molar-refractivity contribution in [2.75, 3.05) is 0 Å². The van der Waals surface area contributed by atoms with Crippen molar-refractivity contribution in [1.29, 1.82) is 0 Å². The van der Waals surface area contributed by atoms with Crippen LogP contribution >= 0.6 is 11.6 Å². The van der Waals surface area contributed by atoms with Crippen LogP contribution in [0.3, 0.4) is 0 Å². The van der Waals surface area contributed by atoms with Gasteiger partial charge in [0.25, 0.3) is 5.69 Å². The third-order valence-corrected chi connectivity index (χ3v) is 3.36. The Morgan fingerprint density at radius 2 is 2.00 bits per heavy atom. The van der Waals surface area contributed by atoms with Crippen molar-refractivity contribution in [2.24, 2.45) is 0 Å². The predicted molar refractivity (Wildman–Crippen MR) is 83.1 cm³/mol. The van der Waals surface area contributed by atoms with Crippen LogP contribution in [-0.2, 0) is 0 Å². The highest BCUT2D eigenvalue weighted by atomic mass is 35.5. The van der Waals surface area contributed by atoms with Gasteiger partial charge in [0.1, 0.15) is 5.82 Å². The Morgan fingerprint density at radius 3 is 2.76 bits per heavy atom. The highest BCUT2D eigenvalue weighted by Crippen LogP contribution is 2.21. The summed E-state index contributed by atoms with van der Waals surface area (Å²) >= 11 is 6.07. The van der Waals surface area contributed by atoms with E-state index in [2.05, 4.69) is 9.97 Å². The molecular formula is C15H10ClN3O2. The summed E-state index contributed by atoms with van der Waals surface area (Å²) in [5.74, 6) is 0.616. The van der Waals surface area contributed by atoms with Crippen LogP contribution in [0.15, 0.2) is 42.5 Å². The lowest BCUT2D eigenvalue weighted by molar-refractivity contribution is -0.384. The van der Waals surface area contributed by atoms with Gasteiger partial charge >= 0.3 is 0 Å². The maximum Gasteiger partial charge on any atom is 0.271 e. The largest absolute Gasteiger partial charge is 0.338 e. The summed E-state index contributed by atoms with van der Waals surface area (Å²) in [6, 6.07) is 12.0. The van der Waals surface area contributed by atoms with Crippen LogP contribution in [0.25, 0.3) is 23.2 Å². The molecule has 0 spiro atoms. The van der Waals surface area contributed by atoms with Crippen LogP contribution in [-0.4, -0.2) is 14.9 Å². The number of imidazole rings is 1. The molecule has 0 radical (unpaired) electrons. The second-order valence-electron chi connectivity index (χ2n) is 4.44. The van der Waals surface area contributed by atoms with Gasteiger partial charge < -0.3 is 4.98 Å². The Bertz CT molecular complexity index is 855. The topological polar surface area (TPSA) is 71.8 Å². The molecule has 3 aromatic rings. The number of halogens is 1. The fraction of sp³-hybridized carbons (Fsp3) is 0. The average molecular weight is 300 g/mol. The van der Waals surface area contributed by atoms with Gasteiger partial charge in [0.2, 0.25) is 0 Å². The average Bonchev–Trinajstić information content (AvgIpc) is 2.88. The standard InChI is InChI=1S/C15H10ClN3O2/c16-12-4-2-1-3-10(12)5-8-15-17-13-7-6-11(19(20)21)9-14(13)18-15/h1-9H,(H,17,18). The molecule has 0 aliphatic rings. The molecule has 21 heavy (non-hydrogen) atoms. The lowest BCUT2D eigenvalue weighted by Gasteiger charge is -1.95. The van der Waals surface area contributed by atoms with Crippen LogP contribution < -0.4 is 0 Å². The van der Waals surface area contributed by atoms with Crippen LogP contribution in [0.4, 0.5) is 5.69 Å². The highest BCUT2D eigenvalue weighted by molar-refractivity contribution is 6.32. The number of fused-ring (bicyclic) bond motifs is 1. The number of nitrogens with zero attached hydrogens (tertiary/aromatic N) is 2. The van der Waals surface area contributed by atoms with Gasteiger partial charge in [-0.1, -0.05) is 29.8 Å². The zero-order chi connectivity index (χ0) is 14.8. The number of hydrogen-bond donors (Lipinski definition) is 1. The summed E-state index contributed by atoms with van der Waals surface area (Å²) < 4.78 is 0. The van der Waals surface area contributed by atoms with E-state index in [4.69, 9.17) is 11.6 Å². The molecule has 2 aromatic carbocycles. The molecule has 6 heteroatoms. The lowest BCUT2D eigenvalue weighted by atomic mass is 10.2. The minimum atomic E-state index is -0.431. The van der Waals surface area contributed by atoms with Crippen molar-refractivity contribution in [2.45, 2.75) is 0 Å². The van der Waals surface area contributed by atoms with E-state index in [1.807, 2.05) is 30.3 Å². The van der Waals surface area contributed by atoms with E-state index < -0.39 is 4.92 Å². The van der Waals surface area contributed by atoms with Crippen molar-refractivity contribution in [3.05, 3.63) is 69.0 Å². The number of hydrogen-bond acceptors (Lipinski definition) is 3. The minimum absolute atomic E-state index is 0.0350. The summed E-state index contributed by atoms with van der Waals surface area (Å²) in [7, 11) is 0. The van der Waals surface area contributed by atoms with Gasteiger partial charge in [0.15, 0.2) is 0 Å². The first-order chi connectivity index (χ1) is 10.1. The smallest absolute Gasteiger partial charge is 0.271 e. The zero-order valence-electron chi connectivity index (χ0n) is 10.8. The molecule has 0 aliphatic carbocycles. The number of benzene rings is 2. The Morgan fingerprint density at radius 1 is 1.19 bits per heavy atom. The monoisotopic (exact) mass is 299 g/mol. The molecule has 0 unspecified atom stereocenters. The van der Waals surface area contributed by atoms with Crippen molar-refractivity contribution < 1.29 is 4.92 Å². The van der Waals surface area contributed by atoms with E-state index in [0.29, 0.717) is 21.9 Å². The summed E-state index contributed by atoms with van der Waals surface area (Å²) in [4.78, 5) is 17.7. The van der Waals surface area contributed by atoms with E-state index in [1.165, 1.54) is 12.1 Å². The number of aromatic nitrogens is 2. The third-order valence-electron chi connectivity index (χ3n) is 3.02. The summed E-state index contributed by atoms with van der Waals surface area (Å²) in [6.07, 6.45) is 3.63. The first-order valence-corrected chi connectivity index (χ1v) is 6.58. The SMILES string of the molecule is O=[N+]([O-])c1ccc2nc(C=Cc3ccccc3Cl)[nH]c2c1. The quantitative estimate of drug-likeness (QED) is 0.579. The maximum absolute atomic E-state index is 10.7. The zero-order valence-corrected chi connectivity index (χ0v) is 11.5. The molecule has 1 N–H and O–H groups in total. The van der Waals surface area contributed by atoms with Gasteiger partial charge in [0, 0.05) is 17.2 Å². The molecule has 1 heterocycles. The van der Waals surface area contributed by atoms with E-state index in [9.17, 15) is 10.1 Å². The summed E-state index contributed by atoms with van der Waals surface area (Å²) in [6.45, 7) is 0. The van der Waals surface area contributed by atoms with E-state index in [-0.39, 0.29) is 5.69 Å². The minimum Gasteiger partial charge on any atom is -0.338 e. The lowest BCUT2D eigenvalue weighted by Crippen LogP contribution is -1.86. The van der Waals surface area contributed by atoms with E-state index in [0.717, 1.165) is 5.56 Å². The fourth-order valence-electron chi connectivity index (χ4n) is 1.99. The van der Waals surface area contributed by atoms with Gasteiger partial charge in [-0.05, 0) is 29.8 Å². The van der Waals surface area contributed by atoms with Crippen molar-refractivity contribution in [3.63, 3.8) is 0 Å². The predicted octanol–water partition coefficient (Wildman–Crippen LogP) is 4.29. The van der Waals surface area contributed by atoms with Gasteiger partial charge in [0.05, 0.1) is 16.0 Å². The molecule has 5 nitrogen and oxygen atoms in total. The molecule has 104 valence electrons. The number of H-pyrrole nitrogens is 1. The first-order valence-electron chi connectivity index (χ1n) is 6.20. The van der Waals surface area contributed by atoms with Crippen molar-refractivity contribution in [1.82, 2.24) is 9.97 Å². The molecule has 0 atom stereocenters. The van der Waals surface area contributed by atoms with Gasteiger partial charge in [-0.3, -0.25) is 10.1 Å². The van der Waals surface area contributed by atoms with Crippen molar-refractivity contribution in [3.8, 4) is 0 Å². The third kappa shape index (κ3) is 2.78. The van der Waals surface area contributed by atoms with Crippen LogP contribution in [0.1, 0.15) is 11.4 Å². The number of aromatic amines is 1. The molecular weight excluding hydrogens is 290 g/mol. The van der Waals surface area contributed by atoms with E-state index >= 15 is 0 Å². The second kappa shape index (κ2) is 5.38. The molecule has 1 aromatic heterocycles. The first kappa shape index (κ1) is 13.3. The molecule has 0 aliphatic heterocycles. The maximum atomic E-state index is 10.7. The van der Waals surface area contributed by atoms with Gasteiger partial charge in [-0.25, -0.2) is 4.98 Å².